The fourth-order valence-electron chi connectivity index (χ4n) is 7.85. The number of esters is 1. The largest absolute Gasteiger partial charge is 0.466 e. The Morgan fingerprint density at radius 1 is 0.377 bits per heavy atom. The molecule has 0 bridgehead atoms. The summed E-state index contributed by atoms with van der Waals surface area (Å²) < 4.78 is 5.49. The molecule has 316 valence electrons. The predicted octanol–water partition coefficient (Wildman–Crippen LogP) is 18.5. The second-order valence-electron chi connectivity index (χ2n) is 17.6. The highest BCUT2D eigenvalue weighted by Gasteiger charge is 2.03. The van der Waals surface area contributed by atoms with E-state index in [0.717, 1.165) is 18.8 Å². The van der Waals surface area contributed by atoms with Crippen molar-refractivity contribution in [1.82, 2.24) is 0 Å². The Hall–Kier alpha value is -0.790. The minimum Gasteiger partial charge on any atom is -0.466 e. The van der Waals surface area contributed by atoms with Gasteiger partial charge >= 0.3 is 5.97 Å². The first-order valence-corrected chi connectivity index (χ1v) is 25.0. The molecule has 0 fully saturated rings. The maximum absolute atomic E-state index is 12.0. The van der Waals surface area contributed by atoms with Crippen molar-refractivity contribution in [3.05, 3.63) is 12.2 Å². The van der Waals surface area contributed by atoms with Crippen LogP contribution in [0.3, 0.4) is 0 Å². The molecule has 0 aliphatic heterocycles. The molecular formula is C51H100O2. The summed E-state index contributed by atoms with van der Waals surface area (Å²) in [5.74, 6) is 0.914. The van der Waals surface area contributed by atoms with E-state index in [1.54, 1.807) is 0 Å². The van der Waals surface area contributed by atoms with Gasteiger partial charge in [0.2, 0.25) is 0 Å². The summed E-state index contributed by atoms with van der Waals surface area (Å²) >= 11 is 0. The van der Waals surface area contributed by atoms with Crippen molar-refractivity contribution in [2.45, 2.75) is 297 Å². The maximum Gasteiger partial charge on any atom is 0.305 e. The molecule has 0 radical (unpaired) electrons. The smallest absolute Gasteiger partial charge is 0.305 e. The van der Waals surface area contributed by atoms with Gasteiger partial charge in [0.1, 0.15) is 0 Å². The fourth-order valence-corrected chi connectivity index (χ4v) is 7.85. The van der Waals surface area contributed by atoms with Crippen molar-refractivity contribution in [2.24, 2.45) is 5.92 Å². The number of unbranched alkanes of at least 4 members (excludes halogenated alkanes) is 38. The van der Waals surface area contributed by atoms with Gasteiger partial charge in [0.25, 0.3) is 0 Å². The van der Waals surface area contributed by atoms with Gasteiger partial charge in [-0.05, 0) is 44.4 Å². The molecule has 0 saturated heterocycles. The van der Waals surface area contributed by atoms with Crippen LogP contribution in [0.5, 0.6) is 0 Å². The Kier molecular flexibility index (Phi) is 46.7. The lowest BCUT2D eigenvalue weighted by Crippen LogP contribution is -2.05. The first kappa shape index (κ1) is 52.2. The van der Waals surface area contributed by atoms with Gasteiger partial charge < -0.3 is 4.74 Å². The number of ether oxygens (including phenoxy) is 1. The lowest BCUT2D eigenvalue weighted by molar-refractivity contribution is -0.143. The van der Waals surface area contributed by atoms with Crippen LogP contribution in [-0.2, 0) is 9.53 Å². The molecule has 2 nitrogen and oxygen atoms in total. The summed E-state index contributed by atoms with van der Waals surface area (Å²) in [6.45, 7) is 7.61. The normalized spacial score (nSPS) is 11.8. The summed E-state index contributed by atoms with van der Waals surface area (Å²) in [5, 5.41) is 0. The zero-order valence-electron chi connectivity index (χ0n) is 37.2. The highest BCUT2D eigenvalue weighted by Crippen LogP contribution is 2.17. The molecule has 0 aliphatic rings. The van der Waals surface area contributed by atoms with E-state index in [9.17, 15) is 4.79 Å². The summed E-state index contributed by atoms with van der Waals surface area (Å²) in [5.41, 5.74) is 0. The summed E-state index contributed by atoms with van der Waals surface area (Å²) in [6, 6.07) is 0. The second kappa shape index (κ2) is 47.4. The highest BCUT2D eigenvalue weighted by molar-refractivity contribution is 5.69. The Morgan fingerprint density at radius 2 is 0.660 bits per heavy atom. The van der Waals surface area contributed by atoms with Gasteiger partial charge in [-0.1, -0.05) is 264 Å². The third-order valence-corrected chi connectivity index (χ3v) is 11.6. The van der Waals surface area contributed by atoms with Crippen LogP contribution >= 0.6 is 0 Å². The minimum atomic E-state index is 0.0282. The number of allylic oxidation sites excluding steroid dienone is 2. The lowest BCUT2D eigenvalue weighted by atomic mass is 10.0. The van der Waals surface area contributed by atoms with Crippen LogP contribution < -0.4 is 0 Å². The SMILES string of the molecule is CCCCCCCCC=CCCCCCCCCCCCC(=O)OCCCCCCCCCCCCCCCCCCCCCCCCCCC(C)C. The molecular weight excluding hydrogens is 645 g/mol. The van der Waals surface area contributed by atoms with E-state index < -0.39 is 0 Å². The number of carbonyl (C=O) groups excluding carboxylic acids is 1. The first-order valence-electron chi connectivity index (χ1n) is 25.0. The lowest BCUT2D eigenvalue weighted by Gasteiger charge is -2.06. The van der Waals surface area contributed by atoms with E-state index in [4.69, 9.17) is 4.74 Å². The van der Waals surface area contributed by atoms with Crippen LogP contribution in [0.15, 0.2) is 12.2 Å². The minimum absolute atomic E-state index is 0.0282. The van der Waals surface area contributed by atoms with Crippen LogP contribution in [0.1, 0.15) is 297 Å². The molecule has 0 rings (SSSR count). The molecule has 0 saturated carbocycles. The fraction of sp³-hybridized carbons (Fsp3) is 0.941. The Labute approximate surface area is 336 Å². The van der Waals surface area contributed by atoms with E-state index in [1.807, 2.05) is 0 Å². The van der Waals surface area contributed by atoms with Gasteiger partial charge in [-0.25, -0.2) is 0 Å². The molecule has 53 heavy (non-hydrogen) atoms. The third kappa shape index (κ3) is 49.2. The third-order valence-electron chi connectivity index (χ3n) is 11.6. The van der Waals surface area contributed by atoms with Crippen LogP contribution in [0, 0.1) is 5.92 Å². The van der Waals surface area contributed by atoms with E-state index in [1.165, 1.54) is 257 Å². The zero-order chi connectivity index (χ0) is 38.4. The molecule has 0 N–H and O–H groups in total. The van der Waals surface area contributed by atoms with E-state index in [0.29, 0.717) is 13.0 Å². The maximum atomic E-state index is 12.0. The standard InChI is InChI=1S/C51H100O2/c1-4-5-6-7-8-9-10-11-12-13-20-24-27-30-33-36-39-42-45-48-51(52)53-49-46-43-40-37-34-31-28-25-22-19-17-15-14-16-18-21-23-26-29-32-35-38-41-44-47-50(2)3/h11-12,50H,4-10,13-49H2,1-3H3. The Bertz CT molecular complexity index is 696. The van der Waals surface area contributed by atoms with Crippen molar-refractivity contribution >= 4 is 5.97 Å². The van der Waals surface area contributed by atoms with Crippen molar-refractivity contribution in [3.8, 4) is 0 Å². The van der Waals surface area contributed by atoms with Crippen LogP contribution in [0.4, 0.5) is 0 Å². The van der Waals surface area contributed by atoms with Gasteiger partial charge in [-0.3, -0.25) is 4.79 Å². The number of carbonyl (C=O) groups is 1. The van der Waals surface area contributed by atoms with Gasteiger partial charge in [0.15, 0.2) is 0 Å². The van der Waals surface area contributed by atoms with Crippen molar-refractivity contribution < 1.29 is 9.53 Å². The molecule has 0 aromatic heterocycles. The van der Waals surface area contributed by atoms with E-state index >= 15 is 0 Å². The molecule has 0 spiro atoms. The molecule has 0 aromatic rings. The summed E-state index contributed by atoms with van der Waals surface area (Å²) in [7, 11) is 0. The quantitative estimate of drug-likeness (QED) is 0.0352. The number of hydrogen-bond acceptors (Lipinski definition) is 2. The summed E-state index contributed by atoms with van der Waals surface area (Å²) in [4.78, 5) is 12.0. The predicted molar refractivity (Wildman–Crippen MR) is 239 cm³/mol. The Balaban J connectivity index is 3.16. The van der Waals surface area contributed by atoms with Crippen LogP contribution in [0.25, 0.3) is 0 Å². The van der Waals surface area contributed by atoms with Gasteiger partial charge in [0.05, 0.1) is 6.61 Å². The summed E-state index contributed by atoms with van der Waals surface area (Å²) in [6.07, 6.45) is 63.4. The van der Waals surface area contributed by atoms with Crippen molar-refractivity contribution in [1.29, 1.82) is 0 Å². The zero-order valence-corrected chi connectivity index (χ0v) is 37.2. The van der Waals surface area contributed by atoms with E-state index in [-0.39, 0.29) is 5.97 Å². The Morgan fingerprint density at radius 3 is 1.00 bits per heavy atom. The van der Waals surface area contributed by atoms with Crippen LogP contribution in [-0.4, -0.2) is 12.6 Å². The topological polar surface area (TPSA) is 26.3 Å². The van der Waals surface area contributed by atoms with Crippen LogP contribution in [0.2, 0.25) is 0 Å². The van der Waals surface area contributed by atoms with Crippen molar-refractivity contribution in [2.75, 3.05) is 6.61 Å². The molecule has 0 aromatic carbocycles. The highest BCUT2D eigenvalue weighted by atomic mass is 16.5. The number of hydrogen-bond donors (Lipinski definition) is 0. The molecule has 0 atom stereocenters. The second-order valence-corrected chi connectivity index (χ2v) is 17.6. The average molecular weight is 745 g/mol. The average Bonchev–Trinajstić information content (AvgIpc) is 3.15. The van der Waals surface area contributed by atoms with Gasteiger partial charge in [-0.15, -0.1) is 0 Å². The van der Waals surface area contributed by atoms with Crippen molar-refractivity contribution in [3.63, 3.8) is 0 Å². The number of rotatable bonds is 46. The monoisotopic (exact) mass is 745 g/mol. The first-order chi connectivity index (χ1) is 26.2. The molecule has 0 amide bonds. The van der Waals surface area contributed by atoms with Gasteiger partial charge in [-0.2, -0.15) is 0 Å². The molecule has 0 heterocycles. The molecule has 0 aliphatic carbocycles. The molecule has 0 unspecified atom stereocenters. The van der Waals surface area contributed by atoms with E-state index in [2.05, 4.69) is 32.9 Å². The molecule has 2 heteroatoms. The van der Waals surface area contributed by atoms with Gasteiger partial charge in [0, 0.05) is 6.42 Å².